The minimum Gasteiger partial charge on any atom is -0.507 e. The zero-order chi connectivity index (χ0) is 20.2. The summed E-state index contributed by atoms with van der Waals surface area (Å²) in [5, 5.41) is 19.4. The Morgan fingerprint density at radius 2 is 0.857 bits per heavy atom. The summed E-state index contributed by atoms with van der Waals surface area (Å²) in [7, 11) is 0. The number of carbonyl (C=O) groups excluding carboxylic acids is 2. The maximum absolute atomic E-state index is 12.0. The molecule has 0 aromatic heterocycles. The number of carbonyl (C=O) groups is 2. The number of Topliss-reactive ketones (excluding diaryl/α,β-unsaturated/α-hetero) is 2. The van der Waals surface area contributed by atoms with Crippen LogP contribution in [0.4, 0.5) is 0 Å². The molecule has 2 N–H and O–H groups in total. The van der Waals surface area contributed by atoms with Gasteiger partial charge in [0.15, 0.2) is 11.6 Å². The van der Waals surface area contributed by atoms with Gasteiger partial charge in [0.1, 0.15) is 11.5 Å². The quantitative estimate of drug-likeness (QED) is 0.326. The largest absolute Gasteiger partial charge is 0.507 e. The van der Waals surface area contributed by atoms with E-state index >= 15 is 0 Å². The topological polar surface area (TPSA) is 74.6 Å². The Bertz CT molecular complexity index is 701. The van der Waals surface area contributed by atoms with Gasteiger partial charge in [-0.2, -0.15) is 0 Å². The third-order valence-electron chi connectivity index (χ3n) is 4.97. The molecule has 0 aliphatic rings. The van der Waals surface area contributed by atoms with E-state index in [1.807, 2.05) is 0 Å². The van der Waals surface area contributed by atoms with Crippen LogP contribution in [0.25, 0.3) is 0 Å². The number of phenols is 2. The third kappa shape index (κ3) is 7.18. The van der Waals surface area contributed by atoms with Crippen molar-refractivity contribution in [3.8, 4) is 11.5 Å². The Morgan fingerprint density at radius 3 is 1.21 bits per heavy atom. The minimum absolute atomic E-state index is 0.00669. The van der Waals surface area contributed by atoms with Crippen LogP contribution in [0.5, 0.6) is 11.5 Å². The first kappa shape index (κ1) is 21.7. The number of phenolic OH excluding ortho intramolecular Hbond substituents is 2. The molecule has 2 aromatic carbocycles. The van der Waals surface area contributed by atoms with Gasteiger partial charge in [0, 0.05) is 12.8 Å². The Hall–Kier alpha value is -2.62. The van der Waals surface area contributed by atoms with Gasteiger partial charge in [0.2, 0.25) is 0 Å². The molecule has 0 amide bonds. The zero-order valence-electron chi connectivity index (χ0n) is 16.4. The van der Waals surface area contributed by atoms with E-state index < -0.39 is 0 Å². The van der Waals surface area contributed by atoms with Crippen LogP contribution in [0.3, 0.4) is 0 Å². The SMILES string of the molecule is O=C(CCCCCCCCCCC(=O)c1ccccc1O)c1ccccc1O. The average molecular weight is 383 g/mol. The molecule has 0 fully saturated rings. The van der Waals surface area contributed by atoms with Crippen LogP contribution < -0.4 is 0 Å². The molecule has 0 saturated heterocycles. The number of rotatable bonds is 13. The molecule has 0 aliphatic carbocycles. The fraction of sp³-hybridized carbons (Fsp3) is 0.417. The average Bonchev–Trinajstić information content (AvgIpc) is 2.69. The summed E-state index contributed by atoms with van der Waals surface area (Å²) in [6, 6.07) is 13.4. The Morgan fingerprint density at radius 1 is 0.536 bits per heavy atom. The molecule has 4 heteroatoms. The molecule has 2 aromatic rings. The van der Waals surface area contributed by atoms with E-state index in [1.54, 1.807) is 48.5 Å². The first-order chi connectivity index (χ1) is 13.6. The molecule has 0 radical (unpaired) electrons. The number of para-hydroxylation sites is 2. The van der Waals surface area contributed by atoms with Crippen molar-refractivity contribution in [2.75, 3.05) is 0 Å². The number of unbranched alkanes of at least 4 members (excludes halogenated alkanes) is 7. The standard InChI is InChI=1S/C24H30O4/c25-21(19-13-9-11-17-23(19)27)15-7-5-3-1-2-4-6-8-16-22(26)20-14-10-12-18-24(20)28/h9-14,17-18,27-28H,1-8,15-16H2. The van der Waals surface area contributed by atoms with Gasteiger partial charge in [0.25, 0.3) is 0 Å². The second-order valence-electron chi connectivity index (χ2n) is 7.21. The van der Waals surface area contributed by atoms with Gasteiger partial charge in [0.05, 0.1) is 11.1 Å². The Labute approximate surface area is 167 Å². The summed E-state index contributed by atoms with van der Waals surface area (Å²) in [4.78, 5) is 24.1. The van der Waals surface area contributed by atoms with Gasteiger partial charge in [-0.05, 0) is 37.1 Å². The summed E-state index contributed by atoms with van der Waals surface area (Å²) < 4.78 is 0. The number of ketones is 2. The predicted molar refractivity (Wildman–Crippen MR) is 111 cm³/mol. The molecule has 0 saturated carbocycles. The van der Waals surface area contributed by atoms with E-state index in [1.165, 1.54) is 0 Å². The van der Waals surface area contributed by atoms with Gasteiger partial charge in [-0.3, -0.25) is 9.59 Å². The second-order valence-corrected chi connectivity index (χ2v) is 7.21. The van der Waals surface area contributed by atoms with E-state index in [2.05, 4.69) is 0 Å². The van der Waals surface area contributed by atoms with Crippen molar-refractivity contribution in [3.63, 3.8) is 0 Å². The molecule has 150 valence electrons. The molecule has 2 rings (SSSR count). The van der Waals surface area contributed by atoms with Crippen LogP contribution in [0.1, 0.15) is 84.9 Å². The van der Waals surface area contributed by atoms with Crippen LogP contribution in [0.15, 0.2) is 48.5 Å². The van der Waals surface area contributed by atoms with Crippen LogP contribution in [-0.2, 0) is 0 Å². The fourth-order valence-corrected chi connectivity index (χ4v) is 3.32. The highest BCUT2D eigenvalue weighted by Gasteiger charge is 2.10. The highest BCUT2D eigenvalue weighted by Crippen LogP contribution is 2.20. The van der Waals surface area contributed by atoms with Gasteiger partial charge >= 0.3 is 0 Å². The number of aromatic hydroxyl groups is 2. The van der Waals surface area contributed by atoms with Crippen molar-refractivity contribution in [1.29, 1.82) is 0 Å². The van der Waals surface area contributed by atoms with E-state index in [0.29, 0.717) is 24.0 Å². The van der Waals surface area contributed by atoms with E-state index in [4.69, 9.17) is 0 Å². The predicted octanol–water partition coefficient (Wildman–Crippen LogP) is 6.06. The summed E-state index contributed by atoms with van der Waals surface area (Å²) in [5.74, 6) is 0.140. The van der Waals surface area contributed by atoms with Crippen LogP contribution >= 0.6 is 0 Å². The summed E-state index contributed by atoms with van der Waals surface area (Å²) in [5.41, 5.74) is 0.835. The van der Waals surface area contributed by atoms with E-state index in [9.17, 15) is 19.8 Å². The lowest BCUT2D eigenvalue weighted by Crippen LogP contribution is -1.99. The zero-order valence-corrected chi connectivity index (χ0v) is 16.4. The first-order valence-corrected chi connectivity index (χ1v) is 10.2. The third-order valence-corrected chi connectivity index (χ3v) is 4.97. The van der Waals surface area contributed by atoms with Crippen LogP contribution in [0.2, 0.25) is 0 Å². The highest BCUT2D eigenvalue weighted by atomic mass is 16.3. The number of hydrogen-bond acceptors (Lipinski definition) is 4. The lowest BCUT2D eigenvalue weighted by molar-refractivity contribution is 0.0967. The number of hydrogen-bond donors (Lipinski definition) is 2. The van der Waals surface area contributed by atoms with Crippen molar-refractivity contribution in [3.05, 3.63) is 59.7 Å². The van der Waals surface area contributed by atoms with Crippen molar-refractivity contribution < 1.29 is 19.8 Å². The Balaban J connectivity index is 1.47. The normalized spacial score (nSPS) is 10.7. The van der Waals surface area contributed by atoms with Crippen molar-refractivity contribution in [2.24, 2.45) is 0 Å². The van der Waals surface area contributed by atoms with Crippen LogP contribution in [-0.4, -0.2) is 21.8 Å². The monoisotopic (exact) mass is 382 g/mol. The number of benzene rings is 2. The maximum atomic E-state index is 12.0. The lowest BCUT2D eigenvalue weighted by Gasteiger charge is -2.05. The lowest BCUT2D eigenvalue weighted by atomic mass is 10.0. The molecule has 28 heavy (non-hydrogen) atoms. The van der Waals surface area contributed by atoms with E-state index in [-0.39, 0.29) is 23.1 Å². The molecule has 0 unspecified atom stereocenters. The molecule has 4 nitrogen and oxygen atoms in total. The summed E-state index contributed by atoms with van der Waals surface area (Å²) >= 11 is 0. The summed E-state index contributed by atoms with van der Waals surface area (Å²) in [6.45, 7) is 0. The van der Waals surface area contributed by atoms with Gasteiger partial charge in [-0.1, -0.05) is 62.8 Å². The smallest absolute Gasteiger partial charge is 0.166 e. The molecule has 0 spiro atoms. The molecule has 0 atom stereocenters. The summed E-state index contributed by atoms with van der Waals surface area (Å²) in [6.07, 6.45) is 9.17. The van der Waals surface area contributed by atoms with Crippen molar-refractivity contribution >= 4 is 11.6 Å². The van der Waals surface area contributed by atoms with Crippen LogP contribution in [0, 0.1) is 0 Å². The van der Waals surface area contributed by atoms with Crippen molar-refractivity contribution in [2.45, 2.75) is 64.2 Å². The maximum Gasteiger partial charge on any atom is 0.166 e. The highest BCUT2D eigenvalue weighted by molar-refractivity contribution is 5.98. The van der Waals surface area contributed by atoms with Gasteiger partial charge in [-0.15, -0.1) is 0 Å². The molecule has 0 aliphatic heterocycles. The van der Waals surface area contributed by atoms with E-state index in [0.717, 1.165) is 51.4 Å². The molecule has 0 heterocycles. The second kappa shape index (κ2) is 12.0. The fourth-order valence-electron chi connectivity index (χ4n) is 3.32. The molecular weight excluding hydrogens is 352 g/mol. The van der Waals surface area contributed by atoms with Crippen molar-refractivity contribution in [1.82, 2.24) is 0 Å². The molecule has 0 bridgehead atoms. The molecular formula is C24H30O4. The Kier molecular flexibility index (Phi) is 9.26. The first-order valence-electron chi connectivity index (χ1n) is 10.2. The minimum atomic E-state index is 0.00669. The van der Waals surface area contributed by atoms with Gasteiger partial charge in [-0.25, -0.2) is 0 Å². The van der Waals surface area contributed by atoms with Gasteiger partial charge < -0.3 is 10.2 Å².